The number of aryl methyl sites for hydroxylation is 1. The Hall–Kier alpha value is -4.97. The van der Waals surface area contributed by atoms with E-state index in [1.165, 1.54) is 14.2 Å². The zero-order valence-corrected chi connectivity index (χ0v) is 31.8. The van der Waals surface area contributed by atoms with Crippen molar-refractivity contribution in [2.75, 3.05) is 14.2 Å². The second-order valence-electron chi connectivity index (χ2n) is 15.3. The van der Waals surface area contributed by atoms with Crippen LogP contribution in [-0.2, 0) is 31.9 Å². The smallest absolute Gasteiger partial charge is 0.407 e. The number of methoxy groups -OCH3 is 2. The summed E-state index contributed by atoms with van der Waals surface area (Å²) in [6.45, 7) is 12.9. The molecule has 0 spiro atoms. The molecule has 1 aromatic heterocycles. The predicted molar refractivity (Wildman–Crippen MR) is 200 cm³/mol. The van der Waals surface area contributed by atoms with Gasteiger partial charge in [-0.25, -0.2) is 9.59 Å². The van der Waals surface area contributed by atoms with E-state index in [4.69, 9.17) is 9.47 Å². The minimum absolute atomic E-state index is 0.0522. The van der Waals surface area contributed by atoms with Crippen molar-refractivity contribution in [2.24, 2.45) is 10.8 Å². The van der Waals surface area contributed by atoms with Gasteiger partial charge in [-0.05, 0) is 59.8 Å². The molecule has 0 saturated heterocycles. The van der Waals surface area contributed by atoms with Gasteiger partial charge in [-0.15, -0.1) is 0 Å². The van der Waals surface area contributed by atoms with Crippen LogP contribution in [0.15, 0.2) is 72.9 Å². The SMILES string of the molecule is COC(=O)N[C@H](C(=O)N[C@@H](Cc1ccccc1)C[C@H](O)[C@H](Cc1ccc(-c2ccc(C)cn2)cc1)NC(=O)[C@@H](NC(=O)OC)C(C)(C)C)C(C)(C)C. The number of rotatable bonds is 14. The maximum atomic E-state index is 13.9. The maximum Gasteiger partial charge on any atom is 0.407 e. The number of ether oxygens (including phenoxy) is 2. The van der Waals surface area contributed by atoms with Crippen molar-refractivity contribution in [3.05, 3.63) is 89.6 Å². The molecule has 3 aromatic rings. The molecule has 12 heteroatoms. The topological polar surface area (TPSA) is 168 Å². The van der Waals surface area contributed by atoms with E-state index < -0.39 is 65.1 Å². The third-order valence-corrected chi connectivity index (χ3v) is 8.76. The Kier molecular flexibility index (Phi) is 14.7. The Bertz CT molecular complexity index is 1620. The van der Waals surface area contributed by atoms with Gasteiger partial charge in [-0.1, -0.05) is 102 Å². The van der Waals surface area contributed by atoms with E-state index in [1.807, 2.05) is 115 Å². The molecule has 0 aliphatic rings. The molecule has 0 aliphatic carbocycles. The number of hydrogen-bond acceptors (Lipinski definition) is 8. The zero-order chi connectivity index (χ0) is 38.6. The van der Waals surface area contributed by atoms with Crippen molar-refractivity contribution in [1.82, 2.24) is 26.3 Å². The quantitative estimate of drug-likeness (QED) is 0.154. The zero-order valence-electron chi connectivity index (χ0n) is 31.8. The van der Waals surface area contributed by atoms with E-state index in [-0.39, 0.29) is 12.8 Å². The van der Waals surface area contributed by atoms with Crippen LogP contribution in [0.3, 0.4) is 0 Å². The Balaban J connectivity index is 1.96. The number of carbonyl (C=O) groups is 4. The molecule has 0 aliphatic heterocycles. The molecule has 0 bridgehead atoms. The van der Waals surface area contributed by atoms with Crippen LogP contribution in [0.5, 0.6) is 0 Å². The number of amides is 4. The highest BCUT2D eigenvalue weighted by atomic mass is 16.5. The van der Waals surface area contributed by atoms with Crippen molar-refractivity contribution in [2.45, 2.75) is 98.0 Å². The highest BCUT2D eigenvalue weighted by Crippen LogP contribution is 2.24. The molecule has 12 nitrogen and oxygen atoms in total. The van der Waals surface area contributed by atoms with E-state index in [1.54, 1.807) is 6.20 Å². The van der Waals surface area contributed by atoms with Crippen molar-refractivity contribution >= 4 is 24.0 Å². The molecular formula is C40H55N5O7. The summed E-state index contributed by atoms with van der Waals surface area (Å²) in [7, 11) is 2.45. The first-order valence-corrected chi connectivity index (χ1v) is 17.4. The molecule has 0 unspecified atom stereocenters. The summed E-state index contributed by atoms with van der Waals surface area (Å²) in [4.78, 5) is 56.6. The molecule has 52 heavy (non-hydrogen) atoms. The predicted octanol–water partition coefficient (Wildman–Crippen LogP) is 5.10. The van der Waals surface area contributed by atoms with E-state index in [2.05, 4.69) is 26.3 Å². The summed E-state index contributed by atoms with van der Waals surface area (Å²) in [5.41, 5.74) is 3.18. The van der Waals surface area contributed by atoms with Crippen LogP contribution in [0.2, 0.25) is 0 Å². The van der Waals surface area contributed by atoms with Gasteiger partial charge in [0.25, 0.3) is 0 Å². The fourth-order valence-electron chi connectivity index (χ4n) is 5.79. The number of hydrogen-bond donors (Lipinski definition) is 5. The average molecular weight is 718 g/mol. The summed E-state index contributed by atoms with van der Waals surface area (Å²) >= 11 is 0. The molecule has 1 heterocycles. The number of aromatic nitrogens is 1. The van der Waals surface area contributed by atoms with Crippen molar-refractivity contribution in [3.63, 3.8) is 0 Å². The Labute approximate surface area is 307 Å². The highest BCUT2D eigenvalue weighted by molar-refractivity contribution is 5.87. The first kappa shape index (κ1) is 41.5. The van der Waals surface area contributed by atoms with Gasteiger partial charge in [0, 0.05) is 17.8 Å². The van der Waals surface area contributed by atoms with Crippen molar-refractivity contribution in [3.8, 4) is 11.3 Å². The second kappa shape index (κ2) is 18.5. The van der Waals surface area contributed by atoms with Gasteiger partial charge in [0.05, 0.1) is 32.1 Å². The summed E-state index contributed by atoms with van der Waals surface area (Å²) in [5.74, 6) is -0.942. The summed E-state index contributed by atoms with van der Waals surface area (Å²) in [5, 5.41) is 23.3. The van der Waals surface area contributed by atoms with Crippen LogP contribution in [-0.4, -0.2) is 78.6 Å². The molecule has 5 N–H and O–H groups in total. The molecule has 0 fully saturated rings. The second-order valence-corrected chi connectivity index (χ2v) is 15.3. The van der Waals surface area contributed by atoms with Gasteiger partial charge in [-0.3, -0.25) is 14.6 Å². The lowest BCUT2D eigenvalue weighted by atomic mass is 9.85. The van der Waals surface area contributed by atoms with E-state index in [0.29, 0.717) is 6.42 Å². The number of benzene rings is 2. The summed E-state index contributed by atoms with van der Waals surface area (Å²) in [6, 6.07) is 17.8. The van der Waals surface area contributed by atoms with E-state index in [0.717, 1.165) is 27.9 Å². The number of carbonyl (C=O) groups excluding carboxylic acids is 4. The standard InChI is InChI=1S/C40H55N5O7/c1-25-15-20-30(41-24-25)28-18-16-27(17-19-28)22-31(43-36(48)34(40(5,6)7)45-38(50)52-9)32(46)23-29(21-26-13-11-10-12-14-26)42-35(47)33(39(2,3)4)44-37(49)51-8/h10-20,24,29,31-34,46H,21-23H2,1-9H3,(H,42,47)(H,43,48)(H,44,49)(H,45,50)/t29-,31-,32-,33+,34+/m0/s1. The number of aliphatic hydroxyl groups excluding tert-OH is 1. The maximum absolute atomic E-state index is 13.9. The van der Waals surface area contributed by atoms with Gasteiger partial charge in [0.15, 0.2) is 0 Å². The van der Waals surface area contributed by atoms with Crippen molar-refractivity contribution < 1.29 is 33.8 Å². The normalized spacial score (nSPS) is 14.5. The molecule has 0 radical (unpaired) electrons. The Morgan fingerprint density at radius 1 is 0.692 bits per heavy atom. The number of alkyl carbamates (subject to hydrolysis) is 2. The number of nitrogens with one attached hydrogen (secondary N) is 4. The molecular weight excluding hydrogens is 662 g/mol. The average Bonchev–Trinajstić information content (AvgIpc) is 3.08. The molecule has 282 valence electrons. The fourth-order valence-corrected chi connectivity index (χ4v) is 5.79. The van der Waals surface area contributed by atoms with Crippen LogP contribution >= 0.6 is 0 Å². The molecule has 2 aromatic carbocycles. The minimum atomic E-state index is -1.16. The summed E-state index contributed by atoms with van der Waals surface area (Å²) in [6.07, 6.45) is -0.189. The first-order chi connectivity index (χ1) is 24.4. The lowest BCUT2D eigenvalue weighted by molar-refractivity contribution is -0.128. The minimum Gasteiger partial charge on any atom is -0.453 e. The highest BCUT2D eigenvalue weighted by Gasteiger charge is 2.37. The van der Waals surface area contributed by atoms with Crippen molar-refractivity contribution in [1.29, 1.82) is 0 Å². The number of aliphatic hydroxyl groups is 1. The lowest BCUT2D eigenvalue weighted by Crippen LogP contribution is -2.59. The summed E-state index contributed by atoms with van der Waals surface area (Å²) < 4.78 is 9.57. The Morgan fingerprint density at radius 3 is 1.69 bits per heavy atom. The van der Waals surface area contributed by atoms with E-state index >= 15 is 0 Å². The fraction of sp³-hybridized carbons (Fsp3) is 0.475. The van der Waals surface area contributed by atoms with Crippen LogP contribution in [0.1, 0.15) is 64.7 Å². The van der Waals surface area contributed by atoms with Gasteiger partial charge in [-0.2, -0.15) is 0 Å². The lowest BCUT2D eigenvalue weighted by Gasteiger charge is -2.34. The molecule has 5 atom stereocenters. The van der Waals surface area contributed by atoms with Crippen LogP contribution in [0.4, 0.5) is 9.59 Å². The number of pyridine rings is 1. The van der Waals surface area contributed by atoms with Crippen LogP contribution in [0, 0.1) is 17.8 Å². The van der Waals surface area contributed by atoms with Gasteiger partial charge >= 0.3 is 12.2 Å². The van der Waals surface area contributed by atoms with Gasteiger partial charge in [0.1, 0.15) is 12.1 Å². The van der Waals surface area contributed by atoms with Gasteiger partial charge in [0.2, 0.25) is 11.8 Å². The third-order valence-electron chi connectivity index (χ3n) is 8.76. The number of nitrogens with zero attached hydrogens (tertiary/aromatic N) is 1. The molecule has 4 amide bonds. The third kappa shape index (κ3) is 12.7. The Morgan fingerprint density at radius 2 is 1.21 bits per heavy atom. The first-order valence-electron chi connectivity index (χ1n) is 17.4. The van der Waals surface area contributed by atoms with E-state index in [9.17, 15) is 24.3 Å². The largest absolute Gasteiger partial charge is 0.453 e. The molecule has 3 rings (SSSR count). The van der Waals surface area contributed by atoms with Crippen LogP contribution < -0.4 is 21.3 Å². The monoisotopic (exact) mass is 717 g/mol. The van der Waals surface area contributed by atoms with Gasteiger partial charge < -0.3 is 35.8 Å². The molecule has 0 saturated carbocycles. The van der Waals surface area contributed by atoms with Crippen LogP contribution in [0.25, 0.3) is 11.3 Å².